The van der Waals surface area contributed by atoms with Crippen molar-refractivity contribution in [1.29, 1.82) is 0 Å². The van der Waals surface area contributed by atoms with Gasteiger partial charge in [0.15, 0.2) is 9.84 Å². The highest BCUT2D eigenvalue weighted by Crippen LogP contribution is 2.17. The highest BCUT2D eigenvalue weighted by Gasteiger charge is 2.21. The first-order valence-electron chi connectivity index (χ1n) is 2.95. The first-order chi connectivity index (χ1) is 4.10. The molecule has 0 aliphatic carbocycles. The van der Waals surface area contributed by atoms with Crippen molar-refractivity contribution in [1.82, 2.24) is 0 Å². The molecule has 1 atom stereocenters. The molecule has 1 aliphatic rings. The summed E-state index contributed by atoms with van der Waals surface area (Å²) in [6.45, 7) is 0. The van der Waals surface area contributed by atoms with Crippen molar-refractivity contribution in [2.24, 2.45) is 0 Å². The van der Waals surface area contributed by atoms with Crippen molar-refractivity contribution in [2.45, 2.75) is 17.7 Å². The second-order valence-corrected chi connectivity index (χ2v) is 5.88. The van der Waals surface area contributed by atoms with E-state index in [9.17, 15) is 8.42 Å². The van der Waals surface area contributed by atoms with E-state index in [1.54, 1.807) is 0 Å². The van der Waals surface area contributed by atoms with Gasteiger partial charge in [-0.15, -0.1) is 0 Å². The molecule has 4 heteroatoms. The summed E-state index contributed by atoms with van der Waals surface area (Å²) in [4.78, 5) is 0.205. The van der Waals surface area contributed by atoms with Crippen molar-refractivity contribution in [3.8, 4) is 0 Å². The normalized spacial score (nSPS) is 34.1. The van der Waals surface area contributed by atoms with Gasteiger partial charge in [-0.3, -0.25) is 0 Å². The Morgan fingerprint density at radius 2 is 2.11 bits per heavy atom. The minimum atomic E-state index is -2.68. The molecule has 0 radical (unpaired) electrons. The van der Waals surface area contributed by atoms with Gasteiger partial charge in [-0.25, -0.2) is 8.42 Å². The molecule has 1 aliphatic heterocycles. The Kier molecular flexibility index (Phi) is 2.16. The minimum Gasteiger partial charge on any atom is -0.229 e. The zero-order valence-electron chi connectivity index (χ0n) is 5.01. The lowest BCUT2D eigenvalue weighted by Gasteiger charge is -2.15. The number of rotatable bonds is 0. The Morgan fingerprint density at radius 1 is 1.44 bits per heavy atom. The third-order valence-corrected chi connectivity index (χ3v) is 4.44. The largest absolute Gasteiger partial charge is 0.229 e. The summed E-state index contributed by atoms with van der Waals surface area (Å²) >= 11 is 3.28. The molecule has 1 fully saturated rings. The molecule has 1 saturated heterocycles. The van der Waals surface area contributed by atoms with Gasteiger partial charge in [0.05, 0.1) is 11.5 Å². The van der Waals surface area contributed by atoms with Crippen LogP contribution in [0.15, 0.2) is 0 Å². The van der Waals surface area contributed by atoms with Crippen LogP contribution in [-0.4, -0.2) is 24.8 Å². The molecule has 0 saturated carbocycles. The number of halogens is 1. The molecule has 9 heavy (non-hydrogen) atoms. The maximum Gasteiger partial charge on any atom is 0.151 e. The molecule has 0 spiro atoms. The van der Waals surface area contributed by atoms with E-state index in [1.807, 2.05) is 0 Å². The molecule has 54 valence electrons. The van der Waals surface area contributed by atoms with E-state index < -0.39 is 9.84 Å². The van der Waals surface area contributed by atoms with Crippen LogP contribution in [0.4, 0.5) is 0 Å². The molecular formula is C5H9BrO2S. The molecule has 1 unspecified atom stereocenters. The van der Waals surface area contributed by atoms with E-state index in [-0.39, 0.29) is 4.83 Å². The highest BCUT2D eigenvalue weighted by molar-refractivity contribution is 9.09. The van der Waals surface area contributed by atoms with Crippen LogP contribution in [0.25, 0.3) is 0 Å². The molecular weight excluding hydrogens is 204 g/mol. The van der Waals surface area contributed by atoms with Crippen molar-refractivity contribution >= 4 is 25.8 Å². The average molecular weight is 213 g/mol. The second kappa shape index (κ2) is 2.58. The standard InChI is InChI=1S/C5H9BrO2S/c6-5-2-1-3-9(7,8)4-5/h5H,1-4H2. The molecule has 0 aromatic carbocycles. The van der Waals surface area contributed by atoms with Gasteiger partial charge in [-0.05, 0) is 12.8 Å². The maximum absolute atomic E-state index is 10.8. The van der Waals surface area contributed by atoms with Crippen LogP contribution in [0, 0.1) is 0 Å². The van der Waals surface area contributed by atoms with Crippen LogP contribution in [0.1, 0.15) is 12.8 Å². The fourth-order valence-electron chi connectivity index (χ4n) is 0.967. The summed E-state index contributed by atoms with van der Waals surface area (Å²) in [7, 11) is -2.68. The average Bonchev–Trinajstić information content (AvgIpc) is 1.60. The molecule has 0 aromatic heterocycles. The molecule has 0 N–H and O–H groups in total. The molecule has 0 bridgehead atoms. The van der Waals surface area contributed by atoms with Crippen molar-refractivity contribution in [2.75, 3.05) is 11.5 Å². The smallest absolute Gasteiger partial charge is 0.151 e. The monoisotopic (exact) mass is 212 g/mol. The van der Waals surface area contributed by atoms with Crippen LogP contribution < -0.4 is 0 Å². The number of sulfone groups is 1. The lowest BCUT2D eigenvalue weighted by molar-refractivity contribution is 0.578. The molecule has 0 amide bonds. The first-order valence-corrected chi connectivity index (χ1v) is 5.68. The van der Waals surface area contributed by atoms with Gasteiger partial charge >= 0.3 is 0 Å². The van der Waals surface area contributed by atoms with Gasteiger partial charge < -0.3 is 0 Å². The summed E-state index contributed by atoms with van der Waals surface area (Å²) in [6.07, 6.45) is 1.82. The minimum absolute atomic E-state index is 0.205. The van der Waals surface area contributed by atoms with Gasteiger partial charge in [0.2, 0.25) is 0 Å². The molecule has 1 rings (SSSR count). The van der Waals surface area contributed by atoms with E-state index in [1.165, 1.54) is 0 Å². The van der Waals surface area contributed by atoms with Gasteiger partial charge in [0, 0.05) is 4.83 Å². The van der Waals surface area contributed by atoms with E-state index >= 15 is 0 Å². The fourth-order valence-corrected chi connectivity index (χ4v) is 3.99. The van der Waals surface area contributed by atoms with Crippen LogP contribution in [0.2, 0.25) is 0 Å². The van der Waals surface area contributed by atoms with Gasteiger partial charge in [-0.2, -0.15) is 0 Å². The number of hydrogen-bond acceptors (Lipinski definition) is 2. The second-order valence-electron chi connectivity index (χ2n) is 2.35. The topological polar surface area (TPSA) is 34.1 Å². The third-order valence-electron chi connectivity index (χ3n) is 1.41. The zero-order chi connectivity index (χ0) is 6.91. The molecule has 1 heterocycles. The van der Waals surface area contributed by atoms with E-state index in [4.69, 9.17) is 0 Å². The molecule has 2 nitrogen and oxygen atoms in total. The number of hydrogen-bond donors (Lipinski definition) is 0. The van der Waals surface area contributed by atoms with Crippen molar-refractivity contribution in [3.63, 3.8) is 0 Å². The van der Waals surface area contributed by atoms with Crippen LogP contribution in [-0.2, 0) is 9.84 Å². The summed E-state index contributed by atoms with van der Waals surface area (Å²) in [5.74, 6) is 0.710. The summed E-state index contributed by atoms with van der Waals surface area (Å²) in [6, 6.07) is 0. The van der Waals surface area contributed by atoms with E-state index in [0.29, 0.717) is 11.5 Å². The Balaban J connectivity index is 2.62. The van der Waals surface area contributed by atoms with Crippen LogP contribution in [0.3, 0.4) is 0 Å². The zero-order valence-corrected chi connectivity index (χ0v) is 7.41. The summed E-state index contributed by atoms with van der Waals surface area (Å²) < 4.78 is 21.7. The number of alkyl halides is 1. The predicted molar refractivity (Wildman–Crippen MR) is 40.6 cm³/mol. The lowest BCUT2D eigenvalue weighted by Crippen LogP contribution is -2.24. The van der Waals surface area contributed by atoms with E-state index in [2.05, 4.69) is 15.9 Å². The van der Waals surface area contributed by atoms with E-state index in [0.717, 1.165) is 12.8 Å². The maximum atomic E-state index is 10.8. The summed E-state index contributed by atoms with van der Waals surface area (Å²) in [5.41, 5.74) is 0. The first kappa shape index (κ1) is 7.54. The van der Waals surface area contributed by atoms with Crippen LogP contribution >= 0.6 is 15.9 Å². The Morgan fingerprint density at radius 3 is 2.44 bits per heavy atom. The lowest BCUT2D eigenvalue weighted by atomic mass is 10.3. The van der Waals surface area contributed by atoms with Crippen molar-refractivity contribution in [3.05, 3.63) is 0 Å². The van der Waals surface area contributed by atoms with Gasteiger partial charge in [0.25, 0.3) is 0 Å². The third kappa shape index (κ3) is 2.26. The van der Waals surface area contributed by atoms with Gasteiger partial charge in [0.1, 0.15) is 0 Å². The summed E-state index contributed by atoms with van der Waals surface area (Å²) in [5, 5.41) is 0. The van der Waals surface area contributed by atoms with Crippen molar-refractivity contribution < 1.29 is 8.42 Å². The Bertz CT molecular complexity index is 185. The predicted octanol–water partition coefficient (Wildman–Crippen LogP) is 0.959. The molecule has 0 aromatic rings. The quantitative estimate of drug-likeness (QED) is 0.561. The highest BCUT2D eigenvalue weighted by atomic mass is 79.9. The van der Waals surface area contributed by atoms with Crippen LogP contribution in [0.5, 0.6) is 0 Å². The Labute approximate surface area is 63.7 Å². The van der Waals surface area contributed by atoms with Gasteiger partial charge in [-0.1, -0.05) is 15.9 Å². The fraction of sp³-hybridized carbons (Fsp3) is 1.00. The Hall–Kier alpha value is 0.430. The SMILES string of the molecule is O=S1(=O)CCCC(Br)C1.